The first kappa shape index (κ1) is 36.2. The Morgan fingerprint density at radius 2 is 1.21 bits per heavy atom. The molecule has 0 spiro atoms. The largest absolute Gasteiger partial charge is 0.393 e. The molecule has 0 saturated heterocycles. The highest BCUT2D eigenvalue weighted by Crippen LogP contribution is 2.42. The van der Waals surface area contributed by atoms with Gasteiger partial charge in [-0.3, -0.25) is 0 Å². The molecule has 0 amide bonds. The third-order valence-electron chi connectivity index (χ3n) is 8.62. The van der Waals surface area contributed by atoms with Gasteiger partial charge in [0, 0.05) is 11.3 Å². The molecule has 3 nitrogen and oxygen atoms in total. The maximum atomic E-state index is 10.4. The second-order valence-electron chi connectivity index (χ2n) is 13.7. The van der Waals surface area contributed by atoms with Crippen LogP contribution in [0, 0.1) is 16.7 Å². The van der Waals surface area contributed by atoms with E-state index in [2.05, 4.69) is 134 Å². The van der Waals surface area contributed by atoms with Gasteiger partial charge in [-0.25, -0.2) is 0 Å². The van der Waals surface area contributed by atoms with Crippen LogP contribution in [0.4, 0.5) is 0 Å². The third-order valence-corrected chi connectivity index (χ3v) is 8.62. The van der Waals surface area contributed by atoms with Crippen molar-refractivity contribution in [2.24, 2.45) is 16.7 Å². The van der Waals surface area contributed by atoms with Crippen molar-refractivity contribution in [3.05, 3.63) is 130 Å². The van der Waals surface area contributed by atoms with Gasteiger partial charge in [-0.15, -0.1) is 0 Å². The van der Waals surface area contributed by atoms with E-state index >= 15 is 0 Å². The van der Waals surface area contributed by atoms with Gasteiger partial charge in [0.25, 0.3) is 0 Å². The maximum Gasteiger partial charge on any atom is 0.0988 e. The Morgan fingerprint density at radius 1 is 0.721 bits per heavy atom. The summed E-state index contributed by atoms with van der Waals surface area (Å²) >= 11 is 0. The number of aliphatic hydroxyl groups is 3. The van der Waals surface area contributed by atoms with Crippen molar-refractivity contribution >= 4 is 0 Å². The molecule has 2 aliphatic rings. The number of allylic oxidation sites excluding steroid dienone is 20. The van der Waals surface area contributed by atoms with E-state index in [0.29, 0.717) is 0 Å². The molecule has 1 unspecified atom stereocenters. The summed E-state index contributed by atoms with van der Waals surface area (Å²) in [6, 6.07) is 0. The van der Waals surface area contributed by atoms with E-state index in [0.717, 1.165) is 29.6 Å². The van der Waals surface area contributed by atoms with Crippen molar-refractivity contribution in [1.29, 1.82) is 0 Å². The predicted molar refractivity (Wildman–Crippen MR) is 185 cm³/mol. The zero-order chi connectivity index (χ0) is 32.4. The third kappa shape index (κ3) is 11.2. The number of hydrogen-bond acceptors (Lipinski definition) is 3. The molecule has 0 aromatic rings. The van der Waals surface area contributed by atoms with Crippen molar-refractivity contribution in [2.75, 3.05) is 0 Å². The first-order valence-electron chi connectivity index (χ1n) is 15.6. The summed E-state index contributed by atoms with van der Waals surface area (Å²) in [5.41, 5.74) is 7.92. The Morgan fingerprint density at radius 3 is 1.74 bits per heavy atom. The summed E-state index contributed by atoms with van der Waals surface area (Å²) in [6.07, 6.45) is 31.0. The molecule has 0 fully saturated rings. The van der Waals surface area contributed by atoms with Gasteiger partial charge in [-0.2, -0.15) is 0 Å². The van der Waals surface area contributed by atoms with Gasteiger partial charge in [0.1, 0.15) is 0 Å². The van der Waals surface area contributed by atoms with Crippen LogP contribution in [0.25, 0.3) is 0 Å². The minimum atomic E-state index is -0.808. The molecule has 3 N–H and O–H groups in total. The van der Waals surface area contributed by atoms with E-state index in [1.165, 1.54) is 22.3 Å². The lowest BCUT2D eigenvalue weighted by atomic mass is 9.66. The van der Waals surface area contributed by atoms with E-state index in [-0.39, 0.29) is 17.4 Å². The van der Waals surface area contributed by atoms with Crippen LogP contribution in [0.3, 0.4) is 0 Å². The normalized spacial score (nSPS) is 28.0. The molecule has 0 radical (unpaired) electrons. The number of hydrogen-bond donors (Lipinski definition) is 3. The van der Waals surface area contributed by atoms with Gasteiger partial charge in [0.2, 0.25) is 0 Å². The molecule has 0 heterocycles. The fraction of sp³-hybridized carbons (Fsp3) is 0.450. The van der Waals surface area contributed by atoms with E-state index in [1.54, 1.807) is 6.08 Å². The smallest absolute Gasteiger partial charge is 0.0988 e. The van der Waals surface area contributed by atoms with Crippen molar-refractivity contribution < 1.29 is 15.3 Å². The first-order valence-corrected chi connectivity index (χ1v) is 15.6. The number of aliphatic hydroxyl groups excluding tert-OH is 3. The van der Waals surface area contributed by atoms with Crippen molar-refractivity contribution in [2.45, 2.75) is 100 Å². The second-order valence-corrected chi connectivity index (χ2v) is 13.7. The summed E-state index contributed by atoms with van der Waals surface area (Å²) < 4.78 is 0. The van der Waals surface area contributed by atoms with Crippen LogP contribution in [0.15, 0.2) is 130 Å². The van der Waals surface area contributed by atoms with Crippen molar-refractivity contribution in [3.63, 3.8) is 0 Å². The van der Waals surface area contributed by atoms with Crippen LogP contribution in [-0.4, -0.2) is 33.6 Å². The van der Waals surface area contributed by atoms with Crippen LogP contribution in [-0.2, 0) is 0 Å². The van der Waals surface area contributed by atoms with E-state index in [1.807, 2.05) is 20.8 Å². The topological polar surface area (TPSA) is 60.7 Å². The Hall–Kier alpha value is -2.98. The SMILES string of the molecule is CC1=C[C@@H](O)[C@H](O)C(C)(C)C1/C=C/C(C)=C/C=C/C(C)=C/C=C/C=C(C)/C=C/C=C(C)/C=C/C1=C(C)C[C@@H](O)CC1(C)C. The molecule has 0 aromatic carbocycles. The van der Waals surface area contributed by atoms with Crippen LogP contribution in [0.5, 0.6) is 0 Å². The van der Waals surface area contributed by atoms with Crippen molar-refractivity contribution in [1.82, 2.24) is 0 Å². The molecule has 2 aliphatic carbocycles. The molecule has 43 heavy (non-hydrogen) atoms. The van der Waals surface area contributed by atoms with Gasteiger partial charge >= 0.3 is 0 Å². The Bertz CT molecular complexity index is 1310. The predicted octanol–water partition coefficient (Wildman–Crippen LogP) is 9.37. The standard InChI is InChI=1S/C40H56O3/c1-28(17-13-19-30(3)21-23-35-32(5)25-34(41)27-39(35,7)8)15-11-12-16-29(2)18-14-20-31(4)22-24-36-33(6)26-37(42)38(43)40(36,9)10/h11-24,26,34,36-38,41-43H,25,27H2,1-10H3/b12-11+,17-13+,18-14+,23-21+,24-22+,28-15+,29-16+,30-19+,31-20+/t34-,36?,37-,38+/m1/s1. The average molecular weight is 585 g/mol. The van der Waals surface area contributed by atoms with Crippen LogP contribution in [0.2, 0.25) is 0 Å². The highest BCUT2D eigenvalue weighted by Gasteiger charge is 2.42. The van der Waals surface area contributed by atoms with Crippen molar-refractivity contribution in [3.8, 4) is 0 Å². The molecule has 0 saturated carbocycles. The Balaban J connectivity index is 1.91. The first-order chi connectivity index (χ1) is 20.0. The Kier molecular flexibility index (Phi) is 13.6. The minimum Gasteiger partial charge on any atom is -0.393 e. The van der Waals surface area contributed by atoms with Gasteiger partial charge in [-0.05, 0) is 65.4 Å². The average Bonchev–Trinajstić information content (AvgIpc) is 2.88. The number of rotatable bonds is 10. The molecule has 3 heteroatoms. The lowest BCUT2D eigenvalue weighted by molar-refractivity contribution is -0.0523. The fourth-order valence-corrected chi connectivity index (χ4v) is 6.06. The quantitative estimate of drug-likeness (QED) is 0.177. The zero-order valence-electron chi connectivity index (χ0n) is 28.2. The summed E-state index contributed by atoms with van der Waals surface area (Å²) in [6.45, 7) is 20.9. The van der Waals surface area contributed by atoms with Crippen LogP contribution >= 0.6 is 0 Å². The zero-order valence-corrected chi connectivity index (χ0v) is 28.2. The van der Waals surface area contributed by atoms with E-state index in [9.17, 15) is 15.3 Å². The molecular formula is C40H56O3. The van der Waals surface area contributed by atoms with E-state index in [4.69, 9.17) is 0 Å². The van der Waals surface area contributed by atoms with Crippen LogP contribution in [0.1, 0.15) is 82.1 Å². The lowest BCUT2D eigenvalue weighted by Crippen LogP contribution is -2.46. The fourth-order valence-electron chi connectivity index (χ4n) is 6.06. The lowest BCUT2D eigenvalue weighted by Gasteiger charge is -2.43. The Labute approximate surface area is 262 Å². The summed E-state index contributed by atoms with van der Waals surface area (Å²) in [7, 11) is 0. The summed E-state index contributed by atoms with van der Waals surface area (Å²) in [4.78, 5) is 0. The van der Waals surface area contributed by atoms with Gasteiger partial charge in [0.15, 0.2) is 0 Å². The summed E-state index contributed by atoms with van der Waals surface area (Å²) in [5, 5.41) is 30.6. The van der Waals surface area contributed by atoms with Crippen LogP contribution < -0.4 is 0 Å². The summed E-state index contributed by atoms with van der Waals surface area (Å²) in [5.74, 6) is 0.0749. The monoisotopic (exact) mass is 584 g/mol. The van der Waals surface area contributed by atoms with E-state index < -0.39 is 17.6 Å². The highest BCUT2D eigenvalue weighted by atomic mass is 16.3. The molecule has 0 aliphatic heterocycles. The van der Waals surface area contributed by atoms with Gasteiger partial charge < -0.3 is 15.3 Å². The van der Waals surface area contributed by atoms with Gasteiger partial charge in [0.05, 0.1) is 18.3 Å². The van der Waals surface area contributed by atoms with Gasteiger partial charge in [-0.1, -0.05) is 152 Å². The maximum absolute atomic E-state index is 10.4. The minimum absolute atomic E-state index is 0.00266. The molecule has 2 rings (SSSR count). The molecular weight excluding hydrogens is 528 g/mol. The highest BCUT2D eigenvalue weighted by molar-refractivity contribution is 5.38. The molecule has 0 bridgehead atoms. The second kappa shape index (κ2) is 16.2. The molecule has 4 atom stereocenters. The molecule has 0 aromatic heterocycles. The molecule has 234 valence electrons.